The lowest BCUT2D eigenvalue weighted by Crippen LogP contribution is -2.23. The molecule has 0 fully saturated rings. The maximum atomic E-state index is 5.19. The number of nitrogens with zero attached hydrogens (tertiary/aromatic N) is 1. The van der Waals surface area contributed by atoms with E-state index in [1.54, 1.807) is 6.07 Å². The Balaban J connectivity index is 2.64. The van der Waals surface area contributed by atoms with Crippen LogP contribution < -0.4 is 11.2 Å². The second-order valence-corrected chi connectivity index (χ2v) is 4.02. The zero-order valence-electron chi connectivity index (χ0n) is 6.25. The van der Waals surface area contributed by atoms with Crippen LogP contribution in [0.15, 0.2) is 24.7 Å². The summed E-state index contributed by atoms with van der Waals surface area (Å²) in [5.41, 5.74) is 7.56. The van der Waals surface area contributed by atoms with Gasteiger partial charge in [-0.15, -0.1) is 0 Å². The Kier molecular flexibility index (Phi) is 3.89. The molecule has 0 bridgehead atoms. The van der Waals surface area contributed by atoms with E-state index < -0.39 is 0 Å². The molecule has 13 heavy (non-hydrogen) atoms. The summed E-state index contributed by atoms with van der Waals surface area (Å²) in [4.78, 5) is 0. The summed E-state index contributed by atoms with van der Waals surface area (Å²) in [5.74, 6) is 0.586. The second kappa shape index (κ2) is 4.73. The third-order valence-electron chi connectivity index (χ3n) is 1.03. The highest BCUT2D eigenvalue weighted by Gasteiger charge is 2.02. The van der Waals surface area contributed by atoms with Crippen LogP contribution >= 0.6 is 44.1 Å². The van der Waals surface area contributed by atoms with Gasteiger partial charge in [0, 0.05) is 6.07 Å². The molecule has 0 aliphatic rings. The van der Waals surface area contributed by atoms with Crippen molar-refractivity contribution in [3.05, 3.63) is 21.0 Å². The van der Waals surface area contributed by atoms with Gasteiger partial charge in [0.2, 0.25) is 0 Å². The fourth-order valence-electron chi connectivity index (χ4n) is 0.586. The van der Waals surface area contributed by atoms with Gasteiger partial charge in [0.15, 0.2) is 9.78 Å². The van der Waals surface area contributed by atoms with E-state index in [9.17, 15) is 0 Å². The molecule has 0 radical (unpaired) electrons. The molecule has 1 rings (SSSR count). The Morgan fingerprint density at radius 3 is 2.85 bits per heavy atom. The maximum Gasteiger partial charge on any atom is 0.184 e. The number of hydrogen-bond donors (Lipinski definition) is 2. The van der Waals surface area contributed by atoms with E-state index in [0.29, 0.717) is 10.4 Å². The van der Waals surface area contributed by atoms with Gasteiger partial charge in [0.1, 0.15) is 5.76 Å². The number of nitrogens with two attached hydrogens (primary N) is 1. The Bertz CT molecular complexity index is 330. The van der Waals surface area contributed by atoms with E-state index in [4.69, 9.17) is 10.2 Å². The molecular formula is C6H5Br2N3OS. The minimum absolute atomic E-state index is 0.112. The van der Waals surface area contributed by atoms with Gasteiger partial charge in [-0.2, -0.15) is 5.10 Å². The lowest BCUT2D eigenvalue weighted by molar-refractivity contribution is 0.532. The van der Waals surface area contributed by atoms with Gasteiger partial charge in [-0.25, -0.2) is 0 Å². The molecule has 4 nitrogen and oxygen atoms in total. The number of nitrogens with one attached hydrogen (secondary N) is 1. The molecule has 1 aromatic heterocycles. The average Bonchev–Trinajstić information content (AvgIpc) is 2.30. The summed E-state index contributed by atoms with van der Waals surface area (Å²) in [6, 6.07) is 1.76. The number of furan rings is 1. The highest BCUT2D eigenvalue weighted by Crippen LogP contribution is 2.25. The van der Waals surface area contributed by atoms with Crippen molar-refractivity contribution in [3.63, 3.8) is 0 Å². The molecule has 70 valence electrons. The van der Waals surface area contributed by atoms with Crippen molar-refractivity contribution in [1.82, 2.24) is 5.43 Å². The van der Waals surface area contributed by atoms with E-state index in [1.165, 1.54) is 6.21 Å². The smallest absolute Gasteiger partial charge is 0.184 e. The number of halogens is 2. The van der Waals surface area contributed by atoms with Crippen molar-refractivity contribution in [2.75, 3.05) is 0 Å². The highest BCUT2D eigenvalue weighted by atomic mass is 79.9. The van der Waals surface area contributed by atoms with Gasteiger partial charge in [0.05, 0.1) is 10.7 Å². The molecule has 7 heteroatoms. The van der Waals surface area contributed by atoms with Crippen LogP contribution in [0.2, 0.25) is 0 Å². The standard InChI is InChI=1S/C6H5Br2N3OS/c7-4-1-3(12-5(4)8)2-10-11-6(9)13/h1-2H,(H3,9,11,13). The third kappa shape index (κ3) is 3.45. The molecule has 0 saturated carbocycles. The van der Waals surface area contributed by atoms with Crippen LogP contribution in [0.3, 0.4) is 0 Å². The van der Waals surface area contributed by atoms with Crippen LogP contribution in [0, 0.1) is 0 Å². The molecule has 1 aromatic rings. The van der Waals surface area contributed by atoms with Gasteiger partial charge in [0.25, 0.3) is 0 Å². The summed E-state index contributed by atoms with van der Waals surface area (Å²) in [6.45, 7) is 0. The first-order chi connectivity index (χ1) is 6.09. The fourth-order valence-corrected chi connectivity index (χ4v) is 1.25. The van der Waals surface area contributed by atoms with E-state index >= 15 is 0 Å². The number of hydrogen-bond acceptors (Lipinski definition) is 3. The first kappa shape index (κ1) is 10.7. The Morgan fingerprint density at radius 2 is 2.38 bits per heavy atom. The lowest BCUT2D eigenvalue weighted by Gasteiger charge is -1.91. The van der Waals surface area contributed by atoms with Gasteiger partial charge >= 0.3 is 0 Å². The molecule has 0 aliphatic heterocycles. The number of rotatable bonds is 2. The van der Waals surface area contributed by atoms with Crippen LogP contribution in [0.4, 0.5) is 0 Å². The SMILES string of the molecule is NC(=S)NN=Cc1cc(Br)c(Br)o1. The monoisotopic (exact) mass is 325 g/mol. The summed E-state index contributed by atoms with van der Waals surface area (Å²) < 4.78 is 6.63. The minimum atomic E-state index is 0.112. The molecule has 0 unspecified atom stereocenters. The molecule has 0 aromatic carbocycles. The first-order valence-corrected chi connectivity index (χ1v) is 5.12. The first-order valence-electron chi connectivity index (χ1n) is 3.13. The molecule has 0 atom stereocenters. The molecule has 0 saturated heterocycles. The van der Waals surface area contributed by atoms with Gasteiger partial charge in [-0.1, -0.05) is 0 Å². The second-order valence-electron chi connectivity index (χ2n) is 2.00. The van der Waals surface area contributed by atoms with Crippen molar-refractivity contribution in [1.29, 1.82) is 0 Å². The van der Waals surface area contributed by atoms with Gasteiger partial charge in [-0.3, -0.25) is 5.43 Å². The van der Waals surface area contributed by atoms with Crippen LogP contribution in [-0.4, -0.2) is 11.3 Å². The van der Waals surface area contributed by atoms with E-state index in [0.717, 1.165) is 4.47 Å². The Labute approximate surface area is 96.8 Å². The number of hydrazone groups is 1. The zero-order chi connectivity index (χ0) is 9.84. The largest absolute Gasteiger partial charge is 0.447 e. The van der Waals surface area contributed by atoms with Crippen molar-refractivity contribution in [2.45, 2.75) is 0 Å². The lowest BCUT2D eigenvalue weighted by atomic mass is 10.5. The average molecular weight is 327 g/mol. The van der Waals surface area contributed by atoms with Crippen LogP contribution in [0.5, 0.6) is 0 Å². The van der Waals surface area contributed by atoms with Gasteiger partial charge < -0.3 is 10.2 Å². The maximum absolute atomic E-state index is 5.19. The van der Waals surface area contributed by atoms with Gasteiger partial charge in [-0.05, 0) is 44.1 Å². The highest BCUT2D eigenvalue weighted by molar-refractivity contribution is 9.13. The van der Waals surface area contributed by atoms with E-state index in [-0.39, 0.29) is 5.11 Å². The molecule has 3 N–H and O–H groups in total. The van der Waals surface area contributed by atoms with Crippen LogP contribution in [0.25, 0.3) is 0 Å². The molecule has 0 amide bonds. The van der Waals surface area contributed by atoms with Crippen molar-refractivity contribution >= 4 is 55.4 Å². The van der Waals surface area contributed by atoms with Crippen LogP contribution in [-0.2, 0) is 0 Å². The predicted octanol–water partition coefficient (Wildman–Crippen LogP) is 1.97. The van der Waals surface area contributed by atoms with Crippen LogP contribution in [0.1, 0.15) is 5.76 Å². The predicted molar refractivity (Wildman–Crippen MR) is 61.6 cm³/mol. The molecule has 0 spiro atoms. The van der Waals surface area contributed by atoms with E-state index in [1.807, 2.05) is 0 Å². The Morgan fingerprint density at radius 1 is 1.69 bits per heavy atom. The topological polar surface area (TPSA) is 63.5 Å². The van der Waals surface area contributed by atoms with Crippen molar-refractivity contribution < 1.29 is 4.42 Å². The fraction of sp³-hybridized carbons (Fsp3) is 0. The quantitative estimate of drug-likeness (QED) is 0.495. The molecular weight excluding hydrogens is 322 g/mol. The third-order valence-corrected chi connectivity index (χ3v) is 2.83. The summed E-state index contributed by atoms with van der Waals surface area (Å²) in [7, 11) is 0. The normalized spacial score (nSPS) is 10.6. The van der Waals surface area contributed by atoms with Crippen molar-refractivity contribution in [3.8, 4) is 0 Å². The minimum Gasteiger partial charge on any atom is -0.447 e. The molecule has 0 aliphatic carbocycles. The zero-order valence-corrected chi connectivity index (χ0v) is 10.2. The summed E-state index contributed by atoms with van der Waals surface area (Å²) in [6.07, 6.45) is 1.47. The Hall–Kier alpha value is -0.400. The van der Waals surface area contributed by atoms with E-state index in [2.05, 4.69) is 54.6 Å². The summed E-state index contributed by atoms with van der Waals surface area (Å²) in [5, 5.41) is 3.83. The number of thiocarbonyl (C=S) groups is 1. The molecule has 1 heterocycles. The van der Waals surface area contributed by atoms with Crippen molar-refractivity contribution in [2.24, 2.45) is 10.8 Å². The summed E-state index contributed by atoms with van der Waals surface area (Å²) >= 11 is 11.0.